The Balaban J connectivity index is 1.39. The van der Waals surface area contributed by atoms with Crippen molar-refractivity contribution in [3.8, 4) is 17.3 Å². The van der Waals surface area contributed by atoms with E-state index in [0.29, 0.717) is 41.0 Å². The molecule has 0 bridgehead atoms. The van der Waals surface area contributed by atoms with Crippen molar-refractivity contribution in [3.63, 3.8) is 0 Å². The minimum absolute atomic E-state index is 0.0536. The second-order valence-corrected chi connectivity index (χ2v) is 11.5. The Labute approximate surface area is 211 Å². The van der Waals surface area contributed by atoms with Gasteiger partial charge in [0.05, 0.1) is 45.9 Å². The van der Waals surface area contributed by atoms with E-state index < -0.39 is 0 Å². The van der Waals surface area contributed by atoms with Crippen molar-refractivity contribution in [1.82, 2.24) is 25.5 Å². The van der Waals surface area contributed by atoms with Gasteiger partial charge in [0.25, 0.3) is 5.91 Å². The highest BCUT2D eigenvalue weighted by molar-refractivity contribution is 7.19. The van der Waals surface area contributed by atoms with E-state index >= 15 is 0 Å². The normalized spacial score (nSPS) is 22.3. The molecule has 2 N–H and O–H groups in total. The first-order valence-corrected chi connectivity index (χ1v) is 12.7. The summed E-state index contributed by atoms with van der Waals surface area (Å²) in [6.45, 7) is 7.35. The molecule has 2 saturated heterocycles. The highest BCUT2D eigenvalue weighted by Gasteiger charge is 2.72. The van der Waals surface area contributed by atoms with Gasteiger partial charge in [-0.1, -0.05) is 13.8 Å². The largest absolute Gasteiger partial charge is 0.347 e. The lowest BCUT2D eigenvalue weighted by molar-refractivity contribution is -0.143. The first-order valence-electron chi connectivity index (χ1n) is 11.9. The Morgan fingerprint density at radius 3 is 2.64 bits per heavy atom. The zero-order valence-corrected chi connectivity index (χ0v) is 20.9. The van der Waals surface area contributed by atoms with Crippen LogP contribution >= 0.6 is 11.3 Å². The van der Waals surface area contributed by atoms with Gasteiger partial charge in [-0.25, -0.2) is 4.98 Å². The first-order chi connectivity index (χ1) is 17.2. The van der Waals surface area contributed by atoms with Gasteiger partial charge in [0, 0.05) is 29.7 Å². The summed E-state index contributed by atoms with van der Waals surface area (Å²) in [6, 6.07) is 7.42. The summed E-state index contributed by atoms with van der Waals surface area (Å²) in [5.41, 5.74) is 2.87. The van der Waals surface area contributed by atoms with Gasteiger partial charge < -0.3 is 10.6 Å². The molecule has 10 heteroatoms. The number of carbonyl (C=O) groups is 3. The topological polar surface area (TPSA) is 128 Å². The summed E-state index contributed by atoms with van der Waals surface area (Å²) in [5, 5.41) is 15.7. The maximum atomic E-state index is 13.2. The van der Waals surface area contributed by atoms with Crippen LogP contribution in [0, 0.1) is 35.5 Å². The van der Waals surface area contributed by atoms with Crippen LogP contribution in [0.2, 0.25) is 0 Å². The van der Waals surface area contributed by atoms with Crippen molar-refractivity contribution in [2.45, 2.75) is 33.4 Å². The molecule has 3 aromatic rings. The lowest BCUT2D eigenvalue weighted by Crippen LogP contribution is -2.57. The number of pyridine rings is 2. The third-order valence-electron chi connectivity index (χ3n) is 7.60. The van der Waals surface area contributed by atoms with Crippen molar-refractivity contribution >= 4 is 39.3 Å². The molecular formula is C26H24N6O3S. The van der Waals surface area contributed by atoms with Gasteiger partial charge in [0.15, 0.2) is 0 Å². The molecule has 1 saturated carbocycles. The fourth-order valence-electron chi connectivity index (χ4n) is 5.43. The lowest BCUT2D eigenvalue weighted by Gasteiger charge is -2.28. The van der Waals surface area contributed by atoms with Gasteiger partial charge in [0.2, 0.25) is 11.8 Å². The number of rotatable bonds is 5. The molecule has 6 rings (SSSR count). The van der Waals surface area contributed by atoms with Gasteiger partial charge in [0.1, 0.15) is 11.8 Å². The number of fused-ring (bicyclic) bond motifs is 2. The Hall–Kier alpha value is -3.68. The number of imide groups is 1. The minimum atomic E-state index is -0.249. The van der Waals surface area contributed by atoms with E-state index in [9.17, 15) is 19.6 Å². The molecule has 182 valence electrons. The van der Waals surface area contributed by atoms with E-state index in [2.05, 4.69) is 26.7 Å². The smallest absolute Gasteiger partial charge is 0.254 e. The number of nitrogens with one attached hydrogen (secondary N) is 2. The summed E-state index contributed by atoms with van der Waals surface area (Å²) in [7, 11) is 0. The number of piperidine rings is 1. The number of nitriles is 1. The van der Waals surface area contributed by atoms with E-state index in [0.717, 1.165) is 9.58 Å². The number of amides is 3. The molecule has 0 radical (unpaired) electrons. The summed E-state index contributed by atoms with van der Waals surface area (Å²) in [6.07, 6.45) is 1.64. The van der Waals surface area contributed by atoms with Gasteiger partial charge >= 0.3 is 0 Å². The van der Waals surface area contributed by atoms with Crippen LogP contribution in [0.15, 0.2) is 24.4 Å². The molecule has 5 heterocycles. The standard InChI is InChI=1S/C26H24N6O3S/c1-12-6-13(8-27)30-21(18(12)23(33)31-14-9-28-10-14)16-4-5-29-17-7-15(36-22(16)17)11-32-24(34)19-20(25(32)35)26(19,2)3/h4-7,14,19-20,28H,9-11H2,1-3H3,(H,31,33). The molecule has 1 aliphatic carbocycles. The quantitative estimate of drug-likeness (QED) is 0.515. The van der Waals surface area contributed by atoms with Crippen LogP contribution in [0.5, 0.6) is 0 Å². The van der Waals surface area contributed by atoms with E-state index in [4.69, 9.17) is 0 Å². The van der Waals surface area contributed by atoms with E-state index in [1.54, 1.807) is 25.3 Å². The minimum Gasteiger partial charge on any atom is -0.347 e. The molecule has 2 unspecified atom stereocenters. The molecule has 9 nitrogen and oxygen atoms in total. The third kappa shape index (κ3) is 3.34. The third-order valence-corrected chi connectivity index (χ3v) is 8.74. The van der Waals surface area contributed by atoms with Crippen molar-refractivity contribution < 1.29 is 14.4 Å². The summed E-state index contributed by atoms with van der Waals surface area (Å²) in [4.78, 5) is 50.1. The second kappa shape index (κ2) is 7.91. The second-order valence-electron chi connectivity index (χ2n) is 10.3. The number of likely N-dealkylation sites (tertiary alicyclic amines) is 1. The van der Waals surface area contributed by atoms with Crippen LogP contribution in [-0.2, 0) is 16.1 Å². The SMILES string of the molecule is Cc1cc(C#N)nc(-c2ccnc3cc(CN4C(=O)C5C(C4=O)C5(C)C)sc23)c1C(=O)NC1CNC1. The molecule has 3 aliphatic rings. The van der Waals surface area contributed by atoms with Gasteiger partial charge in [-0.2, -0.15) is 5.26 Å². The molecule has 36 heavy (non-hydrogen) atoms. The highest BCUT2D eigenvalue weighted by Crippen LogP contribution is 2.63. The Morgan fingerprint density at radius 2 is 2.00 bits per heavy atom. The van der Waals surface area contributed by atoms with Crippen molar-refractivity contribution in [2.75, 3.05) is 13.1 Å². The number of aromatic nitrogens is 2. The van der Waals surface area contributed by atoms with Gasteiger partial charge in [-0.3, -0.25) is 24.3 Å². The number of hydrogen-bond acceptors (Lipinski definition) is 8. The molecule has 0 aromatic carbocycles. The average molecular weight is 501 g/mol. The zero-order chi connectivity index (χ0) is 25.4. The molecule has 3 aromatic heterocycles. The maximum Gasteiger partial charge on any atom is 0.254 e. The maximum absolute atomic E-state index is 13.2. The lowest BCUT2D eigenvalue weighted by atomic mass is 9.99. The number of aryl methyl sites for hydroxylation is 1. The Morgan fingerprint density at radius 1 is 1.28 bits per heavy atom. The first kappa shape index (κ1) is 22.8. The number of nitrogens with zero attached hydrogens (tertiary/aromatic N) is 4. The van der Waals surface area contributed by atoms with Crippen LogP contribution in [0.25, 0.3) is 21.5 Å². The summed E-state index contributed by atoms with van der Waals surface area (Å²) >= 11 is 1.42. The molecular weight excluding hydrogens is 476 g/mol. The van der Waals surface area contributed by atoms with E-state index in [1.165, 1.54) is 16.2 Å². The van der Waals surface area contributed by atoms with Crippen molar-refractivity contribution in [1.29, 1.82) is 5.26 Å². The number of hydrogen-bond donors (Lipinski definition) is 2. The molecule has 2 atom stereocenters. The van der Waals surface area contributed by atoms with Crippen molar-refractivity contribution in [2.24, 2.45) is 17.3 Å². The van der Waals surface area contributed by atoms with Crippen LogP contribution in [0.4, 0.5) is 0 Å². The monoisotopic (exact) mass is 500 g/mol. The Bertz CT molecular complexity index is 1490. The van der Waals surface area contributed by atoms with Gasteiger partial charge in [-0.05, 0) is 36.1 Å². The zero-order valence-electron chi connectivity index (χ0n) is 20.1. The summed E-state index contributed by atoms with van der Waals surface area (Å²) < 4.78 is 0.790. The van der Waals surface area contributed by atoms with Gasteiger partial charge in [-0.15, -0.1) is 11.3 Å². The number of thiophene rings is 1. The molecule has 0 spiro atoms. The number of carbonyl (C=O) groups excluding carboxylic acids is 3. The predicted molar refractivity (Wildman–Crippen MR) is 133 cm³/mol. The molecule has 3 amide bonds. The fourth-order valence-corrected chi connectivity index (χ4v) is 6.54. The van der Waals surface area contributed by atoms with Crippen LogP contribution in [-0.4, -0.2) is 51.7 Å². The van der Waals surface area contributed by atoms with Crippen LogP contribution in [0.3, 0.4) is 0 Å². The predicted octanol–water partition coefficient (Wildman–Crippen LogP) is 2.38. The molecule has 2 aliphatic heterocycles. The summed E-state index contributed by atoms with van der Waals surface area (Å²) in [5.74, 6) is -0.891. The highest BCUT2D eigenvalue weighted by atomic mass is 32.1. The Kier molecular flexibility index (Phi) is 5.00. The van der Waals surface area contributed by atoms with E-state index in [1.807, 2.05) is 19.9 Å². The van der Waals surface area contributed by atoms with Crippen LogP contribution in [0.1, 0.15) is 40.3 Å². The molecule has 3 fully saturated rings. The van der Waals surface area contributed by atoms with Crippen LogP contribution < -0.4 is 10.6 Å². The fraction of sp³-hybridized carbons (Fsp3) is 0.385. The van der Waals surface area contributed by atoms with Crippen molar-refractivity contribution in [3.05, 3.63) is 46.1 Å². The van der Waals surface area contributed by atoms with E-state index in [-0.39, 0.29) is 53.3 Å². The average Bonchev–Trinajstić information content (AvgIpc) is 3.06.